The summed E-state index contributed by atoms with van der Waals surface area (Å²) in [5.41, 5.74) is 0. The summed E-state index contributed by atoms with van der Waals surface area (Å²) in [4.78, 5) is 10.3. The molecule has 0 unspecified atom stereocenters. The molecule has 0 saturated carbocycles. The Bertz CT molecular complexity index is 121. The molecule has 0 rings (SSSR count). The van der Waals surface area contributed by atoms with E-state index in [-0.39, 0.29) is 21.2 Å². The van der Waals surface area contributed by atoms with Crippen LogP contribution in [0.25, 0.3) is 0 Å². The Hall–Kier alpha value is -0.690. The molecule has 0 aliphatic rings. The van der Waals surface area contributed by atoms with Crippen molar-refractivity contribution in [3.8, 4) is 0 Å². The van der Waals surface area contributed by atoms with E-state index >= 15 is 0 Å². The minimum atomic E-state index is -0.466. The van der Waals surface area contributed by atoms with E-state index in [4.69, 9.17) is 0 Å². The number of rotatable bonds is 4. The number of hydrogen-bond donors (Lipinski definition) is 0. The van der Waals surface area contributed by atoms with Crippen molar-refractivity contribution in [2.24, 2.45) is 0 Å². The number of ether oxygens (including phenoxy) is 1. The summed E-state index contributed by atoms with van der Waals surface area (Å²) in [6.07, 6.45) is 1.38. The second-order valence-corrected chi connectivity index (χ2v) is 1.83. The zero-order valence-electron chi connectivity index (χ0n) is 4.87. The fraction of sp³-hybridized carbons (Fsp3) is 0.400. The SMILES string of the molecule is C=CCOC(=O)CP=O. The van der Waals surface area contributed by atoms with Gasteiger partial charge in [-0.2, -0.15) is 0 Å². The lowest BCUT2D eigenvalue weighted by atomic mass is 10.7. The molecule has 0 spiro atoms. The van der Waals surface area contributed by atoms with E-state index in [0.29, 0.717) is 0 Å². The van der Waals surface area contributed by atoms with E-state index in [2.05, 4.69) is 11.3 Å². The van der Waals surface area contributed by atoms with Crippen molar-refractivity contribution < 1.29 is 14.1 Å². The smallest absolute Gasteiger partial charge is 0.317 e. The Kier molecular flexibility index (Phi) is 5.03. The third kappa shape index (κ3) is 5.18. The van der Waals surface area contributed by atoms with E-state index in [1.54, 1.807) is 0 Å². The van der Waals surface area contributed by atoms with Crippen molar-refractivity contribution in [2.75, 3.05) is 12.8 Å². The lowest BCUT2D eigenvalue weighted by molar-refractivity contribution is -0.139. The highest BCUT2D eigenvalue weighted by atomic mass is 31.1. The molecule has 0 aromatic heterocycles. The van der Waals surface area contributed by atoms with Gasteiger partial charge in [0.15, 0.2) is 8.46 Å². The van der Waals surface area contributed by atoms with Gasteiger partial charge in [0.1, 0.15) is 12.8 Å². The molecule has 0 aliphatic carbocycles. The maximum Gasteiger partial charge on any atom is 0.317 e. The fourth-order valence-corrected chi connectivity index (χ4v) is 0.447. The zero-order valence-corrected chi connectivity index (χ0v) is 5.77. The monoisotopic (exact) mass is 146 g/mol. The van der Waals surface area contributed by atoms with Gasteiger partial charge in [-0.1, -0.05) is 12.7 Å². The first-order valence-electron chi connectivity index (χ1n) is 2.37. The maximum absolute atomic E-state index is 10.3. The minimum Gasteiger partial charge on any atom is -0.461 e. The van der Waals surface area contributed by atoms with E-state index in [1.807, 2.05) is 0 Å². The number of carbonyl (C=O) groups is 1. The van der Waals surface area contributed by atoms with Crippen molar-refractivity contribution in [1.82, 2.24) is 0 Å². The van der Waals surface area contributed by atoms with E-state index in [9.17, 15) is 9.36 Å². The Balaban J connectivity index is 3.26. The van der Waals surface area contributed by atoms with Gasteiger partial charge >= 0.3 is 5.97 Å². The Morgan fingerprint density at radius 1 is 1.78 bits per heavy atom. The van der Waals surface area contributed by atoms with Crippen LogP contribution in [0.1, 0.15) is 0 Å². The molecule has 0 atom stereocenters. The summed E-state index contributed by atoms with van der Waals surface area (Å²) in [5.74, 6) is -0.466. The minimum absolute atomic E-state index is 0.0756. The van der Waals surface area contributed by atoms with Crippen molar-refractivity contribution in [3.05, 3.63) is 12.7 Å². The molecule has 0 aliphatic heterocycles. The molecule has 0 heterocycles. The summed E-state index contributed by atoms with van der Waals surface area (Å²) < 4.78 is 14.2. The van der Waals surface area contributed by atoms with Gasteiger partial charge in [-0.05, 0) is 0 Å². The molecule has 0 fully saturated rings. The summed E-state index contributed by atoms with van der Waals surface area (Å²) in [6.45, 7) is 3.52. The van der Waals surface area contributed by atoms with Gasteiger partial charge in [0.2, 0.25) is 0 Å². The van der Waals surface area contributed by atoms with Gasteiger partial charge < -0.3 is 4.74 Å². The highest BCUT2D eigenvalue weighted by Crippen LogP contribution is 1.91. The van der Waals surface area contributed by atoms with Crippen molar-refractivity contribution >= 4 is 14.4 Å². The van der Waals surface area contributed by atoms with Gasteiger partial charge in [-0.15, -0.1) is 0 Å². The first-order chi connectivity index (χ1) is 4.31. The first-order valence-corrected chi connectivity index (χ1v) is 3.36. The van der Waals surface area contributed by atoms with Crippen LogP contribution in [-0.2, 0) is 14.1 Å². The molecule has 0 aromatic carbocycles. The second kappa shape index (κ2) is 5.45. The highest BCUT2D eigenvalue weighted by molar-refractivity contribution is 7.25. The van der Waals surface area contributed by atoms with Crippen LogP contribution in [-0.4, -0.2) is 18.7 Å². The number of hydrogen-bond acceptors (Lipinski definition) is 3. The average molecular weight is 146 g/mol. The molecular weight excluding hydrogens is 139 g/mol. The lowest BCUT2D eigenvalue weighted by Crippen LogP contribution is -2.04. The van der Waals surface area contributed by atoms with Crippen molar-refractivity contribution in [2.45, 2.75) is 0 Å². The number of esters is 1. The van der Waals surface area contributed by atoms with Crippen LogP contribution in [0.5, 0.6) is 0 Å². The Labute approximate surface area is 54.9 Å². The largest absolute Gasteiger partial charge is 0.461 e. The molecule has 3 nitrogen and oxygen atoms in total. The standard InChI is InChI=1S/C5H7O3P/c1-2-3-8-5(6)4-9-7/h2H,1,3-4H2. The van der Waals surface area contributed by atoms with E-state index < -0.39 is 5.97 Å². The third-order valence-electron chi connectivity index (χ3n) is 0.556. The summed E-state index contributed by atoms with van der Waals surface area (Å²) in [7, 11) is -0.204. The molecule has 0 saturated heterocycles. The normalized spacial score (nSPS) is 8.89. The van der Waals surface area contributed by atoms with Crippen LogP contribution in [0, 0.1) is 0 Å². The second-order valence-electron chi connectivity index (χ2n) is 1.26. The number of carbonyl (C=O) groups excluding carboxylic acids is 1. The van der Waals surface area contributed by atoms with Gasteiger partial charge in [0.05, 0.1) is 0 Å². The highest BCUT2D eigenvalue weighted by Gasteiger charge is 1.97. The fourth-order valence-electron chi connectivity index (χ4n) is 0.250. The summed E-state index contributed by atoms with van der Waals surface area (Å²) in [6, 6.07) is 0. The van der Waals surface area contributed by atoms with Gasteiger partial charge in [-0.25, -0.2) is 0 Å². The summed E-state index contributed by atoms with van der Waals surface area (Å²) in [5, 5.41) is 0. The Morgan fingerprint density at radius 3 is 2.89 bits per heavy atom. The molecule has 0 radical (unpaired) electrons. The quantitative estimate of drug-likeness (QED) is 0.337. The molecule has 50 valence electrons. The van der Waals surface area contributed by atoms with Gasteiger partial charge in [-0.3, -0.25) is 9.36 Å². The van der Waals surface area contributed by atoms with E-state index in [1.165, 1.54) is 6.08 Å². The Morgan fingerprint density at radius 2 is 2.44 bits per heavy atom. The first kappa shape index (κ1) is 8.31. The molecule has 4 heteroatoms. The predicted octanol–water partition coefficient (Wildman–Crippen LogP) is 1.01. The molecule has 9 heavy (non-hydrogen) atoms. The molecule has 0 amide bonds. The maximum atomic E-state index is 10.3. The summed E-state index contributed by atoms with van der Waals surface area (Å²) >= 11 is 0. The van der Waals surface area contributed by atoms with Crippen LogP contribution >= 0.6 is 8.46 Å². The third-order valence-corrected chi connectivity index (χ3v) is 0.943. The zero-order chi connectivity index (χ0) is 7.11. The van der Waals surface area contributed by atoms with Crippen LogP contribution in [0.2, 0.25) is 0 Å². The van der Waals surface area contributed by atoms with Crippen molar-refractivity contribution in [1.29, 1.82) is 0 Å². The topological polar surface area (TPSA) is 43.4 Å². The molecular formula is C5H7O3P. The van der Waals surface area contributed by atoms with Crippen LogP contribution < -0.4 is 0 Å². The predicted molar refractivity (Wildman–Crippen MR) is 33.6 cm³/mol. The van der Waals surface area contributed by atoms with Gasteiger partial charge in [0, 0.05) is 0 Å². The van der Waals surface area contributed by atoms with E-state index in [0.717, 1.165) is 0 Å². The molecule has 0 bridgehead atoms. The van der Waals surface area contributed by atoms with Gasteiger partial charge in [0.25, 0.3) is 0 Å². The molecule has 0 N–H and O–H groups in total. The average Bonchev–Trinajstić information content (AvgIpc) is 1.85. The van der Waals surface area contributed by atoms with Crippen LogP contribution in [0.4, 0.5) is 0 Å². The van der Waals surface area contributed by atoms with Crippen LogP contribution in [0.3, 0.4) is 0 Å². The van der Waals surface area contributed by atoms with Crippen molar-refractivity contribution in [3.63, 3.8) is 0 Å². The lowest BCUT2D eigenvalue weighted by Gasteiger charge is -1.94. The van der Waals surface area contributed by atoms with Crippen LogP contribution in [0.15, 0.2) is 12.7 Å². The molecule has 0 aromatic rings.